The lowest BCUT2D eigenvalue weighted by Crippen LogP contribution is -2.40. The number of ether oxygens (including phenoxy) is 2. The van der Waals surface area contributed by atoms with Crippen molar-refractivity contribution >= 4 is 21.9 Å². The number of benzene rings is 1. The van der Waals surface area contributed by atoms with Gasteiger partial charge in [0.05, 0.1) is 31.8 Å². The topological polar surface area (TPSA) is 118 Å². The van der Waals surface area contributed by atoms with Crippen LogP contribution in [-0.4, -0.2) is 62.0 Å². The van der Waals surface area contributed by atoms with Crippen LogP contribution in [0.5, 0.6) is 0 Å². The predicted octanol–water partition coefficient (Wildman–Crippen LogP) is 1.85. The Morgan fingerprint density at radius 1 is 1.19 bits per heavy atom. The van der Waals surface area contributed by atoms with Crippen LogP contribution in [0.3, 0.4) is 0 Å². The fourth-order valence-electron chi connectivity index (χ4n) is 3.24. The van der Waals surface area contributed by atoms with Crippen molar-refractivity contribution in [2.24, 2.45) is 0 Å². The lowest BCUT2D eigenvalue weighted by molar-refractivity contribution is -0.147. The van der Waals surface area contributed by atoms with E-state index in [4.69, 9.17) is 9.47 Å². The molecule has 0 aliphatic carbocycles. The van der Waals surface area contributed by atoms with E-state index in [2.05, 4.69) is 10.3 Å². The lowest BCUT2D eigenvalue weighted by Gasteiger charge is -2.25. The van der Waals surface area contributed by atoms with E-state index in [1.165, 1.54) is 16.6 Å². The van der Waals surface area contributed by atoms with Crippen molar-refractivity contribution in [3.63, 3.8) is 0 Å². The maximum absolute atomic E-state index is 12.8. The van der Waals surface area contributed by atoms with Crippen molar-refractivity contribution in [2.75, 3.05) is 26.3 Å². The molecular weight excluding hydrogens is 422 g/mol. The number of hydrogen-bond acceptors (Lipinski definition) is 6. The zero-order valence-corrected chi connectivity index (χ0v) is 18.4. The zero-order chi connectivity index (χ0) is 22.4. The van der Waals surface area contributed by atoms with Crippen molar-refractivity contribution in [3.8, 4) is 0 Å². The third-order valence-electron chi connectivity index (χ3n) is 4.75. The average Bonchev–Trinajstić information content (AvgIpc) is 3.25. The van der Waals surface area contributed by atoms with Crippen molar-refractivity contribution in [1.29, 1.82) is 0 Å². The summed E-state index contributed by atoms with van der Waals surface area (Å²) in [5.74, 6) is -0.958. The molecule has 10 heteroatoms. The number of nitrogens with one attached hydrogen (secondary N) is 2. The minimum Gasteiger partial charge on any atom is -0.463 e. The molecule has 1 aromatic carbocycles. The van der Waals surface area contributed by atoms with Gasteiger partial charge in [-0.25, -0.2) is 8.42 Å². The van der Waals surface area contributed by atoms with E-state index in [9.17, 15) is 18.0 Å². The van der Waals surface area contributed by atoms with Crippen molar-refractivity contribution < 1.29 is 27.5 Å². The second-order valence-electron chi connectivity index (χ2n) is 7.44. The van der Waals surface area contributed by atoms with E-state index in [0.717, 1.165) is 5.56 Å². The first-order chi connectivity index (χ1) is 14.8. The molecule has 0 saturated carbocycles. The van der Waals surface area contributed by atoms with Crippen LogP contribution in [-0.2, 0) is 24.3 Å². The number of carbonyl (C=O) groups excluding carboxylic acids is 2. The fraction of sp³-hybridized carbons (Fsp3) is 0.429. The molecule has 1 aliphatic heterocycles. The number of nitrogens with zero attached hydrogens (tertiary/aromatic N) is 1. The number of esters is 1. The van der Waals surface area contributed by atoms with Gasteiger partial charge in [-0.1, -0.05) is 30.3 Å². The Balaban J connectivity index is 1.75. The minimum atomic E-state index is -3.72. The molecule has 0 spiro atoms. The Morgan fingerprint density at radius 2 is 1.87 bits per heavy atom. The SMILES string of the molecule is CC(C)OC(=O)CC(NC(=O)c1cc(S(=O)(=O)N2CCOCC2)c[nH]1)c1ccccc1. The highest BCUT2D eigenvalue weighted by molar-refractivity contribution is 7.89. The number of aromatic nitrogens is 1. The summed E-state index contributed by atoms with van der Waals surface area (Å²) in [6.45, 7) is 4.71. The zero-order valence-electron chi connectivity index (χ0n) is 17.5. The largest absolute Gasteiger partial charge is 0.463 e. The van der Waals surface area contributed by atoms with E-state index in [-0.39, 0.29) is 36.2 Å². The van der Waals surface area contributed by atoms with Gasteiger partial charge in [0.15, 0.2) is 0 Å². The van der Waals surface area contributed by atoms with Crippen LogP contribution >= 0.6 is 0 Å². The van der Waals surface area contributed by atoms with Crippen molar-refractivity contribution in [1.82, 2.24) is 14.6 Å². The molecule has 1 saturated heterocycles. The summed E-state index contributed by atoms with van der Waals surface area (Å²) in [6.07, 6.45) is 0.980. The number of carbonyl (C=O) groups is 2. The first-order valence-corrected chi connectivity index (χ1v) is 11.5. The molecule has 168 valence electrons. The molecule has 1 aromatic heterocycles. The lowest BCUT2D eigenvalue weighted by atomic mass is 10.0. The standard InChI is InChI=1S/C21H27N3O6S/c1-15(2)30-20(25)13-18(16-6-4-3-5-7-16)23-21(26)19-12-17(14-22-19)31(27,28)24-8-10-29-11-9-24/h3-7,12,14-15,18,22H,8-11,13H2,1-2H3,(H,23,26). The highest BCUT2D eigenvalue weighted by Crippen LogP contribution is 2.21. The first-order valence-electron chi connectivity index (χ1n) is 10.1. The maximum Gasteiger partial charge on any atom is 0.308 e. The van der Waals surface area contributed by atoms with Crippen LogP contribution in [0.4, 0.5) is 0 Å². The van der Waals surface area contributed by atoms with E-state index < -0.39 is 27.9 Å². The van der Waals surface area contributed by atoms with Crippen molar-refractivity contribution in [3.05, 3.63) is 53.9 Å². The fourth-order valence-corrected chi connectivity index (χ4v) is 4.64. The summed E-state index contributed by atoms with van der Waals surface area (Å²) in [7, 11) is -3.72. The number of amides is 1. The number of morpholine rings is 1. The number of hydrogen-bond donors (Lipinski definition) is 2. The second-order valence-corrected chi connectivity index (χ2v) is 9.38. The van der Waals surface area contributed by atoms with Gasteiger partial charge in [-0.05, 0) is 25.5 Å². The molecule has 1 aliphatic rings. The molecule has 2 heterocycles. The smallest absolute Gasteiger partial charge is 0.308 e. The summed E-state index contributed by atoms with van der Waals surface area (Å²) in [4.78, 5) is 27.8. The summed E-state index contributed by atoms with van der Waals surface area (Å²) in [6, 6.07) is 9.74. The molecule has 31 heavy (non-hydrogen) atoms. The maximum atomic E-state index is 12.8. The summed E-state index contributed by atoms with van der Waals surface area (Å²) < 4.78 is 37.3. The van der Waals surface area contributed by atoms with Gasteiger partial charge < -0.3 is 19.8 Å². The Morgan fingerprint density at radius 3 is 2.52 bits per heavy atom. The van der Waals surface area contributed by atoms with Gasteiger partial charge >= 0.3 is 5.97 Å². The highest BCUT2D eigenvalue weighted by atomic mass is 32.2. The Bertz CT molecular complexity index is 997. The highest BCUT2D eigenvalue weighted by Gasteiger charge is 2.28. The monoisotopic (exact) mass is 449 g/mol. The number of sulfonamides is 1. The predicted molar refractivity (Wildman–Crippen MR) is 113 cm³/mol. The molecule has 0 bridgehead atoms. The molecular formula is C21H27N3O6S. The van der Waals surface area contributed by atoms with E-state index in [0.29, 0.717) is 13.2 Å². The number of rotatable bonds is 8. The van der Waals surface area contributed by atoms with Gasteiger partial charge in [0.25, 0.3) is 5.91 Å². The van der Waals surface area contributed by atoms with Crippen molar-refractivity contribution in [2.45, 2.75) is 37.3 Å². The van der Waals surface area contributed by atoms with Crippen LogP contribution in [0, 0.1) is 0 Å². The number of aromatic amines is 1. The molecule has 1 atom stereocenters. The second kappa shape index (κ2) is 10.1. The quantitative estimate of drug-likeness (QED) is 0.594. The third kappa shape index (κ3) is 5.93. The summed E-state index contributed by atoms with van der Waals surface area (Å²) in [5.41, 5.74) is 0.828. The first kappa shape index (κ1) is 23.0. The van der Waals surface area contributed by atoms with Gasteiger partial charge in [0.1, 0.15) is 10.6 Å². The Kier molecular flexibility index (Phi) is 7.47. The van der Waals surface area contributed by atoms with Crippen LogP contribution in [0.15, 0.2) is 47.5 Å². The van der Waals surface area contributed by atoms with Gasteiger partial charge in [0.2, 0.25) is 10.0 Å². The van der Waals surface area contributed by atoms with Crippen LogP contribution in [0.25, 0.3) is 0 Å². The molecule has 9 nitrogen and oxygen atoms in total. The summed E-state index contributed by atoms with van der Waals surface area (Å²) >= 11 is 0. The van der Waals surface area contributed by atoms with E-state index in [1.807, 2.05) is 18.2 Å². The molecule has 2 N–H and O–H groups in total. The third-order valence-corrected chi connectivity index (χ3v) is 6.63. The van der Waals surface area contributed by atoms with Gasteiger partial charge in [0, 0.05) is 19.3 Å². The van der Waals surface area contributed by atoms with Crippen LogP contribution in [0.1, 0.15) is 42.4 Å². The van der Waals surface area contributed by atoms with Gasteiger partial charge in [-0.3, -0.25) is 9.59 Å². The van der Waals surface area contributed by atoms with E-state index in [1.54, 1.807) is 26.0 Å². The number of H-pyrrole nitrogens is 1. The Hall–Kier alpha value is -2.69. The van der Waals surface area contributed by atoms with E-state index >= 15 is 0 Å². The van der Waals surface area contributed by atoms with Crippen LogP contribution < -0.4 is 5.32 Å². The summed E-state index contributed by atoms with van der Waals surface area (Å²) in [5, 5.41) is 2.80. The molecule has 0 radical (unpaired) electrons. The molecule has 3 rings (SSSR count). The van der Waals surface area contributed by atoms with Gasteiger partial charge in [-0.2, -0.15) is 4.31 Å². The molecule has 1 fully saturated rings. The molecule has 2 aromatic rings. The van der Waals surface area contributed by atoms with Crippen LogP contribution in [0.2, 0.25) is 0 Å². The average molecular weight is 450 g/mol. The molecule has 1 amide bonds. The Labute approximate surface area is 181 Å². The van der Waals surface area contributed by atoms with Gasteiger partial charge in [-0.15, -0.1) is 0 Å². The normalized spacial score (nSPS) is 16.1. The minimum absolute atomic E-state index is 0.00929. The molecule has 1 unspecified atom stereocenters.